The van der Waals surface area contributed by atoms with Gasteiger partial charge in [-0.1, -0.05) is 11.6 Å². The number of ether oxygens (including phenoxy) is 1. The zero-order valence-corrected chi connectivity index (χ0v) is 19.4. The van der Waals surface area contributed by atoms with E-state index >= 15 is 0 Å². The minimum Gasteiger partial charge on any atom is -0.378 e. The lowest BCUT2D eigenvalue weighted by Gasteiger charge is -2.27. The fourth-order valence-electron chi connectivity index (χ4n) is 4.16. The lowest BCUT2D eigenvalue weighted by atomic mass is 10.1. The minimum absolute atomic E-state index is 0.0758. The van der Waals surface area contributed by atoms with E-state index in [9.17, 15) is 14.4 Å². The number of H-pyrrole nitrogens is 1. The number of halogens is 1. The predicted molar refractivity (Wildman–Crippen MR) is 126 cm³/mol. The number of carbonyl (C=O) groups excluding carboxylic acids is 2. The first-order valence-electron chi connectivity index (χ1n) is 11.2. The molecule has 0 aliphatic carbocycles. The molecule has 1 aromatic carbocycles. The van der Waals surface area contributed by atoms with E-state index in [1.54, 1.807) is 30.0 Å². The van der Waals surface area contributed by atoms with Crippen LogP contribution in [0, 0.1) is 6.92 Å². The highest BCUT2D eigenvalue weighted by Gasteiger charge is 2.23. The van der Waals surface area contributed by atoms with Crippen molar-refractivity contribution in [2.75, 3.05) is 49.6 Å². The van der Waals surface area contributed by atoms with Crippen LogP contribution in [0.3, 0.4) is 0 Å². The summed E-state index contributed by atoms with van der Waals surface area (Å²) in [7, 11) is 0. The van der Waals surface area contributed by atoms with E-state index in [4.69, 9.17) is 16.3 Å². The molecule has 0 radical (unpaired) electrons. The monoisotopic (exact) mass is 473 g/mol. The smallest absolute Gasteiger partial charge is 0.255 e. The average molecular weight is 474 g/mol. The molecule has 33 heavy (non-hydrogen) atoms. The molecule has 2 aromatic rings. The second-order valence-electron chi connectivity index (χ2n) is 8.29. The van der Waals surface area contributed by atoms with Gasteiger partial charge in [0, 0.05) is 48.9 Å². The molecule has 1 aromatic heterocycles. The van der Waals surface area contributed by atoms with E-state index in [2.05, 4.69) is 15.3 Å². The van der Waals surface area contributed by atoms with Crippen LogP contribution >= 0.6 is 11.6 Å². The Labute approximate surface area is 197 Å². The van der Waals surface area contributed by atoms with E-state index in [0.29, 0.717) is 72.9 Å². The van der Waals surface area contributed by atoms with Crippen molar-refractivity contribution >= 4 is 35.1 Å². The number of aromatic nitrogens is 2. The summed E-state index contributed by atoms with van der Waals surface area (Å²) in [4.78, 5) is 49.3. The van der Waals surface area contributed by atoms with Crippen molar-refractivity contribution in [2.24, 2.45) is 0 Å². The highest BCUT2D eigenvalue weighted by molar-refractivity contribution is 6.31. The largest absolute Gasteiger partial charge is 0.378 e. The van der Waals surface area contributed by atoms with Crippen LogP contribution < -0.4 is 15.8 Å². The van der Waals surface area contributed by atoms with E-state index in [-0.39, 0.29) is 30.2 Å². The van der Waals surface area contributed by atoms with Crippen LogP contribution in [0.25, 0.3) is 0 Å². The number of anilines is 2. The Hall–Kier alpha value is -2.91. The van der Waals surface area contributed by atoms with Crippen molar-refractivity contribution in [3.8, 4) is 0 Å². The Morgan fingerprint density at radius 3 is 2.61 bits per heavy atom. The molecular weight excluding hydrogens is 446 g/mol. The molecule has 176 valence electrons. The topological polar surface area (TPSA) is 108 Å². The maximum Gasteiger partial charge on any atom is 0.255 e. The summed E-state index contributed by atoms with van der Waals surface area (Å²) in [6, 6.07) is 4.87. The van der Waals surface area contributed by atoms with E-state index in [0.717, 1.165) is 12.8 Å². The van der Waals surface area contributed by atoms with Crippen LogP contribution in [-0.2, 0) is 16.0 Å². The third-order valence-corrected chi connectivity index (χ3v) is 6.24. The molecule has 2 aliphatic heterocycles. The lowest BCUT2D eigenvalue weighted by Crippen LogP contribution is -2.38. The molecule has 2 N–H and O–H groups in total. The first-order chi connectivity index (χ1) is 15.9. The summed E-state index contributed by atoms with van der Waals surface area (Å²) in [5.41, 5.74) is 1.63. The highest BCUT2D eigenvalue weighted by Crippen LogP contribution is 2.24. The average Bonchev–Trinajstić information content (AvgIpc) is 3.34. The molecule has 0 spiro atoms. The quantitative estimate of drug-likeness (QED) is 0.667. The van der Waals surface area contributed by atoms with Gasteiger partial charge in [0.1, 0.15) is 0 Å². The van der Waals surface area contributed by atoms with E-state index in [1.807, 2.05) is 4.90 Å². The summed E-state index contributed by atoms with van der Waals surface area (Å²) in [6.45, 7) is 5.72. The fraction of sp³-hybridized carbons (Fsp3) is 0.478. The standard InChI is InChI=1S/C23H28ClN5O4/c1-15-17(21(31)27-23(25-15)29-10-12-33-13-11-29)6-7-20(30)26-19-14-16(24)4-5-18(19)22(32)28-8-2-3-9-28/h4-5,14H,2-3,6-13H2,1H3,(H,26,30)(H,25,27,31). The normalized spacial score (nSPS) is 16.2. The molecule has 9 nitrogen and oxygen atoms in total. The number of carbonyl (C=O) groups is 2. The van der Waals surface area contributed by atoms with Crippen LogP contribution in [0.1, 0.15) is 40.9 Å². The SMILES string of the molecule is Cc1nc(N2CCOCC2)[nH]c(=O)c1CCC(=O)Nc1cc(Cl)ccc1C(=O)N1CCCC1. The summed E-state index contributed by atoms with van der Waals surface area (Å²) < 4.78 is 5.34. The van der Waals surface area contributed by atoms with Gasteiger partial charge in [0.2, 0.25) is 11.9 Å². The first kappa shape index (κ1) is 23.3. The molecule has 0 unspecified atom stereocenters. The number of nitrogens with one attached hydrogen (secondary N) is 2. The number of amides is 2. The number of morpholine rings is 1. The summed E-state index contributed by atoms with van der Waals surface area (Å²) >= 11 is 6.12. The number of nitrogens with zero attached hydrogens (tertiary/aromatic N) is 3. The van der Waals surface area contributed by atoms with Gasteiger partial charge in [0.15, 0.2) is 0 Å². The molecule has 2 aliphatic rings. The van der Waals surface area contributed by atoms with Crippen molar-refractivity contribution in [1.82, 2.24) is 14.9 Å². The number of hydrogen-bond acceptors (Lipinski definition) is 6. The molecule has 2 saturated heterocycles. The molecule has 4 rings (SSSR count). The van der Waals surface area contributed by atoms with Crippen molar-refractivity contribution in [3.05, 3.63) is 50.4 Å². The second-order valence-corrected chi connectivity index (χ2v) is 8.73. The van der Waals surface area contributed by atoms with Crippen LogP contribution in [0.4, 0.5) is 11.6 Å². The highest BCUT2D eigenvalue weighted by atomic mass is 35.5. The number of likely N-dealkylation sites (tertiary alicyclic amines) is 1. The fourth-order valence-corrected chi connectivity index (χ4v) is 4.34. The Kier molecular flexibility index (Phi) is 7.29. The Morgan fingerprint density at radius 2 is 1.91 bits per heavy atom. The summed E-state index contributed by atoms with van der Waals surface area (Å²) in [5.74, 6) is 0.108. The number of aromatic amines is 1. The molecule has 0 atom stereocenters. The number of aryl methyl sites for hydroxylation is 1. The molecule has 2 fully saturated rings. The minimum atomic E-state index is -0.302. The Morgan fingerprint density at radius 1 is 1.18 bits per heavy atom. The molecule has 2 amide bonds. The number of hydrogen-bond donors (Lipinski definition) is 2. The van der Waals surface area contributed by atoms with Gasteiger partial charge in [0.05, 0.1) is 24.5 Å². The van der Waals surface area contributed by atoms with Gasteiger partial charge in [-0.05, 0) is 44.4 Å². The Balaban J connectivity index is 1.43. The summed E-state index contributed by atoms with van der Waals surface area (Å²) in [5, 5.41) is 3.23. The zero-order chi connectivity index (χ0) is 23.4. The molecule has 3 heterocycles. The van der Waals surface area contributed by atoms with Gasteiger partial charge in [-0.15, -0.1) is 0 Å². The third kappa shape index (κ3) is 5.54. The first-order valence-corrected chi connectivity index (χ1v) is 11.6. The van der Waals surface area contributed by atoms with E-state index in [1.165, 1.54) is 0 Å². The van der Waals surface area contributed by atoms with Crippen molar-refractivity contribution < 1.29 is 14.3 Å². The maximum absolute atomic E-state index is 12.9. The summed E-state index contributed by atoms with van der Waals surface area (Å²) in [6.07, 6.45) is 2.27. The number of benzene rings is 1. The van der Waals surface area contributed by atoms with Crippen LogP contribution in [0.2, 0.25) is 5.02 Å². The third-order valence-electron chi connectivity index (χ3n) is 6.00. The van der Waals surface area contributed by atoms with Crippen molar-refractivity contribution in [1.29, 1.82) is 0 Å². The molecule has 0 bridgehead atoms. The van der Waals surface area contributed by atoms with Crippen LogP contribution in [0.5, 0.6) is 0 Å². The van der Waals surface area contributed by atoms with Gasteiger partial charge in [-0.2, -0.15) is 0 Å². The zero-order valence-electron chi connectivity index (χ0n) is 18.7. The molecule has 0 saturated carbocycles. The predicted octanol–water partition coefficient (Wildman–Crippen LogP) is 2.38. The van der Waals surface area contributed by atoms with Gasteiger partial charge in [0.25, 0.3) is 11.5 Å². The van der Waals surface area contributed by atoms with Gasteiger partial charge < -0.3 is 19.9 Å². The second kappa shape index (κ2) is 10.4. The van der Waals surface area contributed by atoms with Crippen molar-refractivity contribution in [2.45, 2.75) is 32.6 Å². The number of rotatable bonds is 6. The molecule has 10 heteroatoms. The van der Waals surface area contributed by atoms with Crippen LogP contribution in [-0.4, -0.2) is 66.1 Å². The van der Waals surface area contributed by atoms with E-state index < -0.39 is 0 Å². The maximum atomic E-state index is 12.9. The van der Waals surface area contributed by atoms with Crippen LogP contribution in [0.15, 0.2) is 23.0 Å². The van der Waals surface area contributed by atoms with Gasteiger partial charge >= 0.3 is 0 Å². The lowest BCUT2D eigenvalue weighted by molar-refractivity contribution is -0.116. The van der Waals surface area contributed by atoms with Gasteiger partial charge in [-0.3, -0.25) is 19.4 Å². The Bertz CT molecular complexity index is 1090. The van der Waals surface area contributed by atoms with Crippen molar-refractivity contribution in [3.63, 3.8) is 0 Å². The molecular formula is C23H28ClN5O4. The van der Waals surface area contributed by atoms with Gasteiger partial charge in [-0.25, -0.2) is 4.98 Å².